The first-order chi connectivity index (χ1) is 7.62. The fourth-order valence-electron chi connectivity index (χ4n) is 2.11. The Kier molecular flexibility index (Phi) is 3.14. The molecule has 0 aromatic carbocycles. The van der Waals surface area contributed by atoms with E-state index in [1.165, 1.54) is 0 Å². The van der Waals surface area contributed by atoms with Crippen LogP contribution in [-0.2, 0) is 9.59 Å². The molecule has 3 N–H and O–H groups in total. The van der Waals surface area contributed by atoms with Crippen molar-refractivity contribution in [1.29, 1.82) is 0 Å². The zero-order valence-electron chi connectivity index (χ0n) is 9.29. The maximum absolute atomic E-state index is 11.6. The molecule has 5 nitrogen and oxygen atoms in total. The largest absolute Gasteiger partial charge is 0.481 e. The summed E-state index contributed by atoms with van der Waals surface area (Å²) in [6.45, 7) is 1.27. The van der Waals surface area contributed by atoms with Crippen molar-refractivity contribution in [2.24, 2.45) is 5.41 Å². The van der Waals surface area contributed by atoms with Gasteiger partial charge in [-0.1, -0.05) is 0 Å². The fourth-order valence-corrected chi connectivity index (χ4v) is 2.11. The van der Waals surface area contributed by atoms with E-state index in [4.69, 9.17) is 5.11 Å². The molecule has 0 spiro atoms. The van der Waals surface area contributed by atoms with Crippen LogP contribution in [0.5, 0.6) is 0 Å². The number of hydrogen-bond acceptors (Lipinski definition) is 3. The van der Waals surface area contributed by atoms with Gasteiger partial charge in [-0.15, -0.1) is 0 Å². The van der Waals surface area contributed by atoms with Gasteiger partial charge in [0.15, 0.2) is 0 Å². The standard InChI is InChI=1S/C11H18N2O3/c14-9(6-8-2-1-5-12-8)13-7-11(3-4-11)10(15)16/h8,12H,1-7H2,(H,13,14)(H,15,16). The molecule has 5 heteroatoms. The van der Waals surface area contributed by atoms with Crippen LogP contribution in [0.2, 0.25) is 0 Å². The van der Waals surface area contributed by atoms with E-state index in [1.54, 1.807) is 0 Å². The molecule has 1 aliphatic heterocycles. The minimum atomic E-state index is -0.785. The molecule has 2 aliphatic rings. The number of carbonyl (C=O) groups is 2. The number of carboxylic acids is 1. The lowest BCUT2D eigenvalue weighted by atomic mass is 10.1. The van der Waals surface area contributed by atoms with Crippen molar-refractivity contribution in [1.82, 2.24) is 10.6 Å². The van der Waals surface area contributed by atoms with Gasteiger partial charge in [0.2, 0.25) is 5.91 Å². The van der Waals surface area contributed by atoms with Crippen LogP contribution in [0.1, 0.15) is 32.1 Å². The van der Waals surface area contributed by atoms with Gasteiger partial charge in [-0.25, -0.2) is 0 Å². The van der Waals surface area contributed by atoms with Gasteiger partial charge in [0.05, 0.1) is 5.41 Å². The number of amides is 1. The molecule has 0 radical (unpaired) electrons. The van der Waals surface area contributed by atoms with E-state index in [-0.39, 0.29) is 18.5 Å². The highest BCUT2D eigenvalue weighted by Crippen LogP contribution is 2.45. The van der Waals surface area contributed by atoms with Gasteiger partial charge < -0.3 is 15.7 Å². The number of nitrogens with one attached hydrogen (secondary N) is 2. The number of carboxylic acid groups (broad SMARTS) is 1. The summed E-state index contributed by atoms with van der Waals surface area (Å²) in [5, 5.41) is 14.9. The molecule has 1 heterocycles. The van der Waals surface area contributed by atoms with E-state index < -0.39 is 11.4 Å². The molecule has 1 atom stereocenters. The van der Waals surface area contributed by atoms with Crippen molar-refractivity contribution in [2.45, 2.75) is 38.1 Å². The first-order valence-electron chi connectivity index (χ1n) is 5.86. The van der Waals surface area contributed by atoms with Gasteiger partial charge in [-0.05, 0) is 32.2 Å². The molecular weight excluding hydrogens is 208 g/mol. The van der Waals surface area contributed by atoms with E-state index in [2.05, 4.69) is 10.6 Å². The van der Waals surface area contributed by atoms with Gasteiger partial charge in [0, 0.05) is 19.0 Å². The van der Waals surface area contributed by atoms with Gasteiger partial charge in [0.25, 0.3) is 0 Å². The zero-order valence-corrected chi connectivity index (χ0v) is 9.29. The van der Waals surface area contributed by atoms with E-state index >= 15 is 0 Å². The number of rotatable bonds is 5. The SMILES string of the molecule is O=C(CC1CCCN1)NCC1(C(=O)O)CC1. The molecular formula is C11H18N2O3. The van der Waals surface area contributed by atoms with Gasteiger partial charge >= 0.3 is 5.97 Å². The Morgan fingerprint density at radius 2 is 2.19 bits per heavy atom. The Labute approximate surface area is 94.6 Å². The summed E-state index contributed by atoms with van der Waals surface area (Å²) in [4.78, 5) is 22.4. The Morgan fingerprint density at radius 3 is 2.69 bits per heavy atom. The predicted octanol–water partition coefficient (Wildman–Crippen LogP) is 0.109. The number of aliphatic carboxylic acids is 1. The van der Waals surface area contributed by atoms with Crippen LogP contribution in [-0.4, -0.2) is 36.1 Å². The second kappa shape index (κ2) is 4.41. The van der Waals surface area contributed by atoms with Crippen LogP contribution in [0.25, 0.3) is 0 Å². The molecule has 16 heavy (non-hydrogen) atoms. The Balaban J connectivity index is 1.69. The third-order valence-corrected chi connectivity index (χ3v) is 3.53. The Hall–Kier alpha value is -1.10. The molecule has 0 aromatic heterocycles. The van der Waals surface area contributed by atoms with Crippen molar-refractivity contribution >= 4 is 11.9 Å². The molecule has 1 saturated carbocycles. The van der Waals surface area contributed by atoms with E-state index in [0.717, 1.165) is 19.4 Å². The van der Waals surface area contributed by atoms with Crippen molar-refractivity contribution in [3.05, 3.63) is 0 Å². The monoisotopic (exact) mass is 226 g/mol. The quantitative estimate of drug-likeness (QED) is 0.621. The molecule has 1 aliphatic carbocycles. The third kappa shape index (κ3) is 2.52. The highest BCUT2D eigenvalue weighted by Gasteiger charge is 2.50. The normalized spacial score (nSPS) is 26.4. The molecule has 0 aromatic rings. The van der Waals surface area contributed by atoms with Crippen LogP contribution in [0.3, 0.4) is 0 Å². The summed E-state index contributed by atoms with van der Waals surface area (Å²) in [7, 11) is 0. The molecule has 90 valence electrons. The first kappa shape index (κ1) is 11.4. The summed E-state index contributed by atoms with van der Waals surface area (Å²) < 4.78 is 0. The van der Waals surface area contributed by atoms with Gasteiger partial charge in [-0.2, -0.15) is 0 Å². The van der Waals surface area contributed by atoms with Crippen LogP contribution < -0.4 is 10.6 Å². The summed E-state index contributed by atoms with van der Waals surface area (Å²) in [5.41, 5.74) is -0.654. The Morgan fingerprint density at radius 1 is 1.44 bits per heavy atom. The number of carbonyl (C=O) groups excluding carboxylic acids is 1. The lowest BCUT2D eigenvalue weighted by Gasteiger charge is -2.13. The summed E-state index contributed by atoms with van der Waals surface area (Å²) in [6.07, 6.45) is 4.00. The van der Waals surface area contributed by atoms with Crippen molar-refractivity contribution in [2.75, 3.05) is 13.1 Å². The van der Waals surface area contributed by atoms with Crippen molar-refractivity contribution in [3.63, 3.8) is 0 Å². The smallest absolute Gasteiger partial charge is 0.311 e. The minimum Gasteiger partial charge on any atom is -0.481 e. The van der Waals surface area contributed by atoms with Crippen molar-refractivity contribution < 1.29 is 14.7 Å². The molecule has 1 saturated heterocycles. The topological polar surface area (TPSA) is 78.4 Å². The van der Waals surface area contributed by atoms with E-state index in [9.17, 15) is 9.59 Å². The lowest BCUT2D eigenvalue weighted by molar-refractivity contribution is -0.143. The average Bonchev–Trinajstić information content (AvgIpc) is 2.88. The summed E-state index contributed by atoms with van der Waals surface area (Å²) in [6, 6.07) is 0.278. The highest BCUT2D eigenvalue weighted by molar-refractivity contribution is 5.81. The maximum atomic E-state index is 11.6. The zero-order chi connectivity index (χ0) is 11.6. The molecule has 1 unspecified atom stereocenters. The molecule has 2 fully saturated rings. The summed E-state index contributed by atoms with van der Waals surface area (Å²) in [5.74, 6) is -0.821. The fraction of sp³-hybridized carbons (Fsp3) is 0.818. The first-order valence-corrected chi connectivity index (χ1v) is 5.86. The lowest BCUT2D eigenvalue weighted by Crippen LogP contribution is -2.37. The Bertz CT molecular complexity index is 294. The molecule has 2 rings (SSSR count). The van der Waals surface area contributed by atoms with Gasteiger partial charge in [0.1, 0.15) is 0 Å². The van der Waals surface area contributed by atoms with Crippen LogP contribution in [0, 0.1) is 5.41 Å². The minimum absolute atomic E-state index is 0.0353. The van der Waals surface area contributed by atoms with Gasteiger partial charge in [-0.3, -0.25) is 9.59 Å². The van der Waals surface area contributed by atoms with E-state index in [0.29, 0.717) is 19.3 Å². The number of hydrogen-bond donors (Lipinski definition) is 3. The highest BCUT2D eigenvalue weighted by atomic mass is 16.4. The maximum Gasteiger partial charge on any atom is 0.311 e. The third-order valence-electron chi connectivity index (χ3n) is 3.53. The van der Waals surface area contributed by atoms with Crippen LogP contribution in [0.4, 0.5) is 0 Å². The van der Waals surface area contributed by atoms with Crippen molar-refractivity contribution in [3.8, 4) is 0 Å². The average molecular weight is 226 g/mol. The van der Waals surface area contributed by atoms with E-state index in [1.807, 2.05) is 0 Å². The summed E-state index contributed by atoms with van der Waals surface area (Å²) >= 11 is 0. The van der Waals surface area contributed by atoms with Crippen LogP contribution >= 0.6 is 0 Å². The van der Waals surface area contributed by atoms with Crippen LogP contribution in [0.15, 0.2) is 0 Å². The second-order valence-corrected chi connectivity index (χ2v) is 4.86. The predicted molar refractivity (Wildman–Crippen MR) is 58.0 cm³/mol. The second-order valence-electron chi connectivity index (χ2n) is 4.86. The molecule has 0 bridgehead atoms. The molecule has 1 amide bonds.